The number of halogens is 11. The fourth-order valence-corrected chi connectivity index (χ4v) is 8.83. The monoisotopic (exact) mass is 935 g/mol. The third-order valence-electron chi connectivity index (χ3n) is 10.1. The van der Waals surface area contributed by atoms with Crippen molar-refractivity contribution in [2.45, 2.75) is 63.1 Å². The van der Waals surface area contributed by atoms with Gasteiger partial charge in [-0.3, -0.25) is 23.9 Å². The molecule has 3 aromatic heterocycles. The highest BCUT2D eigenvalue weighted by atomic mass is 35.5. The van der Waals surface area contributed by atoms with Crippen molar-refractivity contribution in [2.75, 3.05) is 10.6 Å². The van der Waals surface area contributed by atoms with E-state index in [2.05, 4.69) is 20.5 Å². The zero-order valence-electron chi connectivity index (χ0n) is 32.0. The number of nitrogens with zero attached hydrogens (tertiary/aromatic N) is 6. The Morgan fingerprint density at radius 3 is 2.25 bits per heavy atom. The minimum atomic E-state index is -5.17. The maximum absolute atomic E-state index is 15.4. The molecule has 3 heterocycles. The van der Waals surface area contributed by atoms with E-state index in [0.717, 1.165) is 24.3 Å². The quantitative estimate of drug-likeness (QED) is 0.0960. The second-order valence-corrected chi connectivity index (χ2v) is 17.0. The van der Waals surface area contributed by atoms with Crippen molar-refractivity contribution < 1.29 is 71.8 Å². The second kappa shape index (κ2) is 15.6. The fraction of sp³-hybridized carbons (Fsp3) is 0.316. The summed E-state index contributed by atoms with van der Waals surface area (Å²) in [6.45, 7) is -1.76. The largest absolute Gasteiger partial charge is 0.478 e. The summed E-state index contributed by atoms with van der Waals surface area (Å²) in [5.41, 5.74) is -4.81. The Labute approximate surface area is 353 Å². The summed E-state index contributed by atoms with van der Waals surface area (Å²) in [6, 6.07) is 5.41. The van der Waals surface area contributed by atoms with Gasteiger partial charge >= 0.3 is 18.3 Å². The van der Waals surface area contributed by atoms with Crippen LogP contribution in [-0.4, -0.2) is 68.3 Å². The second-order valence-electron chi connectivity index (χ2n) is 14.8. The van der Waals surface area contributed by atoms with E-state index in [9.17, 15) is 57.9 Å². The van der Waals surface area contributed by atoms with Crippen molar-refractivity contribution in [2.24, 2.45) is 5.92 Å². The SMILES string of the molecule is Cc1ccc(-c2ccc(Cl)c3c(N(C(=O)/C=C/C(=O)O)S(C)(=O)=O)nn(CC(F)(F)F)c23)c([C@H](Cc2cc(F)cc(F)c2)NC(=O)Cn2nc(C(F)(F)F)c3c2C(F)(F)[C@@H]2CC32)n1. The van der Waals surface area contributed by atoms with Crippen LogP contribution >= 0.6 is 11.6 Å². The highest BCUT2D eigenvalue weighted by Gasteiger charge is 2.68. The molecule has 2 aromatic carbocycles. The van der Waals surface area contributed by atoms with Gasteiger partial charge in [-0.2, -0.15) is 49.6 Å². The molecule has 2 N–H and O–H groups in total. The Morgan fingerprint density at radius 1 is 1.00 bits per heavy atom. The molecule has 2 aliphatic rings. The number of carboxylic acid groups (broad SMARTS) is 1. The number of carbonyl (C=O) groups is 3. The highest BCUT2D eigenvalue weighted by molar-refractivity contribution is 7.92. The Balaban J connectivity index is 1.41. The number of alkyl halides is 8. The molecule has 334 valence electrons. The number of fused-ring (bicyclic) bond motifs is 4. The van der Waals surface area contributed by atoms with E-state index < -0.39 is 134 Å². The van der Waals surface area contributed by atoms with Crippen LogP contribution in [0, 0.1) is 24.5 Å². The van der Waals surface area contributed by atoms with Crippen LogP contribution in [0.1, 0.15) is 52.3 Å². The zero-order chi connectivity index (χ0) is 46.3. The van der Waals surface area contributed by atoms with Gasteiger partial charge in [-0.25, -0.2) is 22.0 Å². The molecule has 25 heteroatoms. The lowest BCUT2D eigenvalue weighted by atomic mass is 9.93. The molecule has 7 rings (SSSR count). The standard InChI is InChI=1S/C38H28ClF10N7O6S/c1-16-3-4-20(21-5-6-24(39)30-32(21)55(15-36(42,43)44)53-35(30)56(63(2,61)62)27(58)7-8-28(59)60)31(50-16)25(11-17-9-18(40)12-19(41)10-17)51-26(57)14-54-34-29(33(52-54)38(47,48)49)22-13-23(22)37(34,45)46/h3-10,12,22-23,25H,11,13-15H2,1-2H3,(H,51,57)(H,59,60)/b8-7+/t22?,23-,25+/m1/s1. The van der Waals surface area contributed by atoms with Gasteiger partial charge in [0.1, 0.15) is 30.4 Å². The van der Waals surface area contributed by atoms with Crippen molar-refractivity contribution in [3.05, 3.63) is 105 Å². The number of aromatic nitrogens is 5. The van der Waals surface area contributed by atoms with Gasteiger partial charge in [0.25, 0.3) is 11.8 Å². The van der Waals surface area contributed by atoms with E-state index in [1.807, 2.05) is 0 Å². The van der Waals surface area contributed by atoms with E-state index in [1.54, 1.807) is 0 Å². The Bertz CT molecular complexity index is 2860. The summed E-state index contributed by atoms with van der Waals surface area (Å²) in [5, 5.41) is 17.6. The molecule has 0 saturated heterocycles. The first-order chi connectivity index (χ1) is 29.1. The summed E-state index contributed by atoms with van der Waals surface area (Å²) in [7, 11) is -4.82. The number of hydrogen-bond acceptors (Lipinski definition) is 8. The average Bonchev–Trinajstić information content (AvgIpc) is 3.65. The molecule has 1 unspecified atom stereocenters. The first kappa shape index (κ1) is 45.0. The van der Waals surface area contributed by atoms with Crippen molar-refractivity contribution in [3.8, 4) is 11.1 Å². The number of benzene rings is 2. The van der Waals surface area contributed by atoms with E-state index in [1.165, 1.54) is 19.1 Å². The third kappa shape index (κ3) is 8.81. The third-order valence-corrected chi connectivity index (χ3v) is 11.5. The number of carboxylic acids is 1. The van der Waals surface area contributed by atoms with Gasteiger partial charge in [0.2, 0.25) is 15.9 Å². The molecular formula is C38H28ClF10N7O6S. The molecule has 0 radical (unpaired) electrons. The van der Waals surface area contributed by atoms with Crippen LogP contribution in [0.2, 0.25) is 5.02 Å². The van der Waals surface area contributed by atoms with Crippen LogP contribution in [0.4, 0.5) is 49.7 Å². The lowest BCUT2D eigenvalue weighted by molar-refractivity contribution is -0.143. The number of rotatable bonds is 12. The van der Waals surface area contributed by atoms with Gasteiger partial charge in [0.15, 0.2) is 11.5 Å². The predicted molar refractivity (Wildman–Crippen MR) is 201 cm³/mol. The maximum atomic E-state index is 15.4. The number of aryl methyl sites for hydroxylation is 1. The lowest BCUT2D eigenvalue weighted by Gasteiger charge is -2.23. The van der Waals surface area contributed by atoms with Gasteiger partial charge in [-0.15, -0.1) is 0 Å². The van der Waals surface area contributed by atoms with Crippen molar-refractivity contribution >= 4 is 56.1 Å². The number of nitrogens with one attached hydrogen (secondary N) is 1. The van der Waals surface area contributed by atoms with E-state index in [4.69, 9.17) is 16.7 Å². The van der Waals surface area contributed by atoms with E-state index in [0.29, 0.717) is 18.4 Å². The summed E-state index contributed by atoms with van der Waals surface area (Å²) in [5.74, 6) is -14.1. The summed E-state index contributed by atoms with van der Waals surface area (Å²) in [6.07, 6.45) is -10.1. The summed E-state index contributed by atoms with van der Waals surface area (Å²) in [4.78, 5) is 42.7. The molecule has 1 fully saturated rings. The minimum Gasteiger partial charge on any atom is -0.478 e. The number of hydrogen-bond donors (Lipinski definition) is 2. The maximum Gasteiger partial charge on any atom is 0.435 e. The smallest absolute Gasteiger partial charge is 0.435 e. The molecule has 2 amide bonds. The summed E-state index contributed by atoms with van der Waals surface area (Å²) >= 11 is 6.49. The molecular weight excluding hydrogens is 908 g/mol. The average molecular weight is 936 g/mol. The molecule has 2 aliphatic carbocycles. The van der Waals surface area contributed by atoms with Crippen LogP contribution in [0.25, 0.3) is 22.0 Å². The van der Waals surface area contributed by atoms with Gasteiger partial charge in [-0.1, -0.05) is 23.7 Å². The number of sulfonamides is 1. The Morgan fingerprint density at radius 2 is 1.65 bits per heavy atom. The Hall–Kier alpha value is -6.04. The molecule has 1 saturated carbocycles. The molecule has 3 atom stereocenters. The van der Waals surface area contributed by atoms with E-state index >= 15 is 8.78 Å². The van der Waals surface area contributed by atoms with Crippen molar-refractivity contribution in [1.29, 1.82) is 0 Å². The highest BCUT2D eigenvalue weighted by Crippen LogP contribution is 2.68. The van der Waals surface area contributed by atoms with Gasteiger partial charge in [-0.05, 0) is 55.5 Å². The number of carbonyl (C=O) groups excluding carboxylic acids is 2. The fourth-order valence-electron chi connectivity index (χ4n) is 7.76. The van der Waals surface area contributed by atoms with Crippen LogP contribution in [-0.2, 0) is 56.0 Å². The first-order valence-corrected chi connectivity index (χ1v) is 20.4. The van der Waals surface area contributed by atoms with Gasteiger partial charge in [0, 0.05) is 46.5 Å². The molecule has 0 bridgehead atoms. The van der Waals surface area contributed by atoms with Crippen LogP contribution in [0.15, 0.2) is 54.6 Å². The number of pyridine rings is 1. The number of amides is 2. The lowest BCUT2D eigenvalue weighted by Crippen LogP contribution is -2.35. The van der Waals surface area contributed by atoms with Crippen LogP contribution in [0.3, 0.4) is 0 Å². The molecule has 0 spiro atoms. The predicted octanol–water partition coefficient (Wildman–Crippen LogP) is 7.36. The van der Waals surface area contributed by atoms with Crippen LogP contribution in [0.5, 0.6) is 0 Å². The zero-order valence-corrected chi connectivity index (χ0v) is 33.6. The summed E-state index contributed by atoms with van der Waals surface area (Å²) < 4.78 is 171. The molecule has 13 nitrogen and oxygen atoms in total. The topological polar surface area (TPSA) is 169 Å². The number of aliphatic carboxylic acids is 1. The molecule has 0 aliphatic heterocycles. The van der Waals surface area contributed by atoms with Crippen molar-refractivity contribution in [1.82, 2.24) is 29.9 Å². The van der Waals surface area contributed by atoms with Crippen LogP contribution < -0.4 is 9.62 Å². The van der Waals surface area contributed by atoms with E-state index in [-0.39, 0.29) is 54.2 Å². The Kier molecular flexibility index (Phi) is 11.2. The van der Waals surface area contributed by atoms with Gasteiger partial charge in [0.05, 0.1) is 33.9 Å². The molecule has 5 aromatic rings. The van der Waals surface area contributed by atoms with Gasteiger partial charge < -0.3 is 10.4 Å². The first-order valence-electron chi connectivity index (χ1n) is 18.1. The number of anilines is 1. The van der Waals surface area contributed by atoms with Crippen molar-refractivity contribution in [3.63, 3.8) is 0 Å². The minimum absolute atomic E-state index is 0.0869. The molecule has 63 heavy (non-hydrogen) atoms. The normalized spacial score (nSPS) is 17.5.